The maximum atomic E-state index is 12.8. The van der Waals surface area contributed by atoms with Gasteiger partial charge in [0.1, 0.15) is 5.58 Å². The van der Waals surface area contributed by atoms with E-state index in [4.69, 9.17) is 16.0 Å². The minimum absolute atomic E-state index is 0.129. The Bertz CT molecular complexity index is 844. The van der Waals surface area contributed by atoms with E-state index in [0.29, 0.717) is 21.9 Å². The molecule has 1 saturated heterocycles. The van der Waals surface area contributed by atoms with Crippen LogP contribution in [-0.2, 0) is 0 Å². The molecular formula is C19H20ClNO3. The summed E-state index contributed by atoms with van der Waals surface area (Å²) in [6, 6.07) is 6.18. The van der Waals surface area contributed by atoms with Crippen molar-refractivity contribution in [3.63, 3.8) is 0 Å². The normalized spacial score (nSPS) is 24.0. The standard InChI is InChI=1S/C19H20ClNO3/c20-14-5-6-17-15(9-14)16(22)10-18(24-17)19(23)21-8-7-12-3-1-2-4-13(12)11-21/h5-6,9-10,12-13H,1-4,7-8,11H2/t12-,13+/m0/s1. The van der Waals surface area contributed by atoms with Crippen LogP contribution >= 0.6 is 11.6 Å². The summed E-state index contributed by atoms with van der Waals surface area (Å²) < 4.78 is 5.70. The van der Waals surface area contributed by atoms with Gasteiger partial charge in [-0.25, -0.2) is 0 Å². The van der Waals surface area contributed by atoms with E-state index in [9.17, 15) is 9.59 Å². The van der Waals surface area contributed by atoms with Gasteiger partial charge in [-0.15, -0.1) is 0 Å². The Balaban J connectivity index is 1.61. The number of fused-ring (bicyclic) bond motifs is 2. The lowest BCUT2D eigenvalue weighted by atomic mass is 9.75. The number of likely N-dealkylation sites (tertiary alicyclic amines) is 1. The third-order valence-electron chi connectivity index (χ3n) is 5.48. The molecule has 4 nitrogen and oxygen atoms in total. The Morgan fingerprint density at radius 2 is 1.92 bits per heavy atom. The highest BCUT2D eigenvalue weighted by Gasteiger charge is 2.34. The molecule has 126 valence electrons. The molecule has 2 aliphatic rings. The van der Waals surface area contributed by atoms with E-state index < -0.39 is 0 Å². The van der Waals surface area contributed by atoms with Crippen molar-refractivity contribution in [2.45, 2.75) is 32.1 Å². The van der Waals surface area contributed by atoms with Gasteiger partial charge in [0, 0.05) is 24.2 Å². The van der Waals surface area contributed by atoms with Gasteiger partial charge in [0.25, 0.3) is 5.91 Å². The average Bonchev–Trinajstić information content (AvgIpc) is 2.61. The fourth-order valence-corrected chi connectivity index (χ4v) is 4.35. The molecule has 1 saturated carbocycles. The summed E-state index contributed by atoms with van der Waals surface area (Å²) in [6.07, 6.45) is 6.13. The van der Waals surface area contributed by atoms with Crippen molar-refractivity contribution in [3.8, 4) is 0 Å². The molecule has 1 aromatic heterocycles. The molecular weight excluding hydrogens is 326 g/mol. The molecule has 0 radical (unpaired) electrons. The van der Waals surface area contributed by atoms with Crippen LogP contribution in [0.15, 0.2) is 33.5 Å². The number of carbonyl (C=O) groups is 1. The van der Waals surface area contributed by atoms with Crippen molar-refractivity contribution < 1.29 is 9.21 Å². The monoisotopic (exact) mass is 345 g/mol. The second-order valence-electron chi connectivity index (χ2n) is 6.96. The van der Waals surface area contributed by atoms with Gasteiger partial charge >= 0.3 is 0 Å². The first-order valence-electron chi connectivity index (χ1n) is 8.64. The number of halogens is 1. The summed E-state index contributed by atoms with van der Waals surface area (Å²) in [5.41, 5.74) is 0.178. The van der Waals surface area contributed by atoms with Gasteiger partial charge in [0.05, 0.1) is 5.39 Å². The Hall–Kier alpha value is -1.81. The van der Waals surface area contributed by atoms with Crippen molar-refractivity contribution in [2.75, 3.05) is 13.1 Å². The lowest BCUT2D eigenvalue weighted by Crippen LogP contribution is -2.44. The Morgan fingerprint density at radius 1 is 1.12 bits per heavy atom. The van der Waals surface area contributed by atoms with Gasteiger partial charge in [0.2, 0.25) is 0 Å². The van der Waals surface area contributed by atoms with Gasteiger partial charge < -0.3 is 9.32 Å². The van der Waals surface area contributed by atoms with Gasteiger partial charge in [0.15, 0.2) is 11.2 Å². The van der Waals surface area contributed by atoms with E-state index in [-0.39, 0.29) is 17.1 Å². The minimum atomic E-state index is -0.227. The van der Waals surface area contributed by atoms with Gasteiger partial charge in [-0.2, -0.15) is 0 Å². The van der Waals surface area contributed by atoms with Crippen LogP contribution in [0.4, 0.5) is 0 Å². The largest absolute Gasteiger partial charge is 0.451 e. The number of piperidine rings is 1. The quantitative estimate of drug-likeness (QED) is 0.781. The first kappa shape index (κ1) is 15.7. The number of hydrogen-bond acceptors (Lipinski definition) is 3. The van der Waals surface area contributed by atoms with Crippen LogP contribution < -0.4 is 5.43 Å². The fraction of sp³-hybridized carbons (Fsp3) is 0.474. The summed E-state index contributed by atoms with van der Waals surface area (Å²) in [7, 11) is 0. The molecule has 1 amide bonds. The van der Waals surface area contributed by atoms with E-state index in [2.05, 4.69) is 0 Å². The van der Waals surface area contributed by atoms with Gasteiger partial charge in [-0.05, 0) is 42.9 Å². The molecule has 2 aromatic rings. The van der Waals surface area contributed by atoms with Crippen LogP contribution in [-0.4, -0.2) is 23.9 Å². The van der Waals surface area contributed by atoms with Crippen molar-refractivity contribution in [1.82, 2.24) is 4.90 Å². The number of carbonyl (C=O) groups excluding carboxylic acids is 1. The van der Waals surface area contributed by atoms with E-state index in [0.717, 1.165) is 25.4 Å². The molecule has 2 fully saturated rings. The number of hydrogen-bond donors (Lipinski definition) is 0. The number of amides is 1. The molecule has 1 aliphatic heterocycles. The molecule has 2 atom stereocenters. The van der Waals surface area contributed by atoms with Crippen LogP contribution in [0.1, 0.15) is 42.7 Å². The lowest BCUT2D eigenvalue weighted by molar-refractivity contribution is 0.0493. The summed E-state index contributed by atoms with van der Waals surface area (Å²) in [5.74, 6) is 1.31. The van der Waals surface area contributed by atoms with E-state index >= 15 is 0 Å². The smallest absolute Gasteiger partial charge is 0.289 e. The maximum absolute atomic E-state index is 12.8. The van der Waals surface area contributed by atoms with Crippen LogP contribution in [0, 0.1) is 11.8 Å². The SMILES string of the molecule is O=C(c1cc(=O)c2cc(Cl)ccc2o1)N1CC[C@@H]2CCCC[C@@H]2C1. The molecule has 0 unspecified atom stereocenters. The van der Waals surface area contributed by atoms with Crippen molar-refractivity contribution in [2.24, 2.45) is 11.8 Å². The van der Waals surface area contributed by atoms with Crippen LogP contribution in [0.25, 0.3) is 11.0 Å². The van der Waals surface area contributed by atoms with Gasteiger partial charge in [-0.3, -0.25) is 9.59 Å². The summed E-state index contributed by atoms with van der Waals surface area (Å²) >= 11 is 5.92. The van der Waals surface area contributed by atoms with Crippen LogP contribution in [0.2, 0.25) is 5.02 Å². The molecule has 1 aliphatic carbocycles. The molecule has 2 heterocycles. The first-order valence-corrected chi connectivity index (χ1v) is 9.02. The van der Waals surface area contributed by atoms with E-state index in [1.165, 1.54) is 31.7 Å². The zero-order chi connectivity index (χ0) is 16.7. The van der Waals surface area contributed by atoms with Crippen LogP contribution in [0.3, 0.4) is 0 Å². The molecule has 5 heteroatoms. The summed E-state index contributed by atoms with van der Waals surface area (Å²) in [4.78, 5) is 26.9. The maximum Gasteiger partial charge on any atom is 0.289 e. The molecule has 1 aromatic carbocycles. The predicted octanol–water partition coefficient (Wildman–Crippen LogP) is 4.10. The zero-order valence-corrected chi connectivity index (χ0v) is 14.2. The molecule has 4 rings (SSSR count). The minimum Gasteiger partial charge on any atom is -0.451 e. The zero-order valence-electron chi connectivity index (χ0n) is 13.5. The summed E-state index contributed by atoms with van der Waals surface area (Å²) in [5, 5.41) is 0.887. The van der Waals surface area contributed by atoms with Gasteiger partial charge in [-0.1, -0.05) is 30.9 Å². The molecule has 0 N–H and O–H groups in total. The lowest BCUT2D eigenvalue weighted by Gasteiger charge is -2.41. The highest BCUT2D eigenvalue weighted by atomic mass is 35.5. The number of rotatable bonds is 1. The fourth-order valence-electron chi connectivity index (χ4n) is 4.18. The Labute approximate surface area is 145 Å². The highest BCUT2D eigenvalue weighted by Crippen LogP contribution is 2.36. The van der Waals surface area contributed by atoms with E-state index in [1.807, 2.05) is 4.90 Å². The second-order valence-corrected chi connectivity index (χ2v) is 7.40. The average molecular weight is 346 g/mol. The third-order valence-corrected chi connectivity index (χ3v) is 5.71. The Kier molecular flexibility index (Phi) is 4.09. The molecule has 0 spiro atoms. The number of benzene rings is 1. The topological polar surface area (TPSA) is 50.5 Å². The second kappa shape index (κ2) is 6.25. The van der Waals surface area contributed by atoms with Crippen LogP contribution in [0.5, 0.6) is 0 Å². The Morgan fingerprint density at radius 3 is 2.75 bits per heavy atom. The highest BCUT2D eigenvalue weighted by molar-refractivity contribution is 6.31. The van der Waals surface area contributed by atoms with Crippen molar-refractivity contribution in [3.05, 3.63) is 45.3 Å². The van der Waals surface area contributed by atoms with Crippen molar-refractivity contribution in [1.29, 1.82) is 0 Å². The van der Waals surface area contributed by atoms with Crippen molar-refractivity contribution >= 4 is 28.5 Å². The first-order chi connectivity index (χ1) is 11.6. The third kappa shape index (κ3) is 2.84. The summed E-state index contributed by atoms with van der Waals surface area (Å²) in [6.45, 7) is 1.54. The predicted molar refractivity (Wildman–Crippen MR) is 93.5 cm³/mol. The van der Waals surface area contributed by atoms with E-state index in [1.54, 1.807) is 18.2 Å². The molecule has 0 bridgehead atoms. The molecule has 24 heavy (non-hydrogen) atoms. The number of nitrogens with zero attached hydrogens (tertiary/aromatic N) is 1.